The first-order valence-electron chi connectivity index (χ1n) is 5.57. The van der Waals surface area contributed by atoms with Crippen LogP contribution in [0.2, 0.25) is 5.02 Å². The van der Waals surface area contributed by atoms with Gasteiger partial charge in [0.05, 0.1) is 16.8 Å². The van der Waals surface area contributed by atoms with E-state index in [1.165, 1.54) is 12.1 Å². The number of hydrogen-bond acceptors (Lipinski definition) is 3. The number of halogens is 2. The van der Waals surface area contributed by atoms with E-state index in [-0.39, 0.29) is 5.69 Å². The van der Waals surface area contributed by atoms with Gasteiger partial charge in [0.2, 0.25) is 0 Å². The molecule has 3 N–H and O–H groups in total. The minimum absolute atomic E-state index is 0.281. The Morgan fingerprint density at radius 1 is 1.30 bits per heavy atom. The summed E-state index contributed by atoms with van der Waals surface area (Å²) >= 11 is 9.08. The standard InChI is InChI=1S/C14H9BrClN3O/c15-9-2-1-8(7-17)13(5-9)19-14(20)11-4-3-10(16)6-12(11)18/h1-6H,18H2,(H,19,20). The monoisotopic (exact) mass is 349 g/mol. The number of amides is 1. The van der Waals surface area contributed by atoms with Gasteiger partial charge >= 0.3 is 0 Å². The number of carbonyl (C=O) groups is 1. The summed E-state index contributed by atoms with van der Waals surface area (Å²) in [6, 6.07) is 11.6. The average molecular weight is 351 g/mol. The third-order valence-electron chi connectivity index (χ3n) is 2.61. The highest BCUT2D eigenvalue weighted by atomic mass is 79.9. The van der Waals surface area contributed by atoms with Crippen molar-refractivity contribution in [1.82, 2.24) is 0 Å². The van der Waals surface area contributed by atoms with Gasteiger partial charge in [0.15, 0.2) is 0 Å². The van der Waals surface area contributed by atoms with Gasteiger partial charge in [0.1, 0.15) is 6.07 Å². The molecule has 2 aromatic rings. The molecule has 0 saturated heterocycles. The van der Waals surface area contributed by atoms with E-state index in [1.807, 2.05) is 6.07 Å². The number of anilines is 2. The number of carbonyl (C=O) groups excluding carboxylic acids is 1. The number of rotatable bonds is 2. The number of nitrogen functional groups attached to an aromatic ring is 1. The van der Waals surface area contributed by atoms with Gasteiger partial charge in [-0.25, -0.2) is 0 Å². The molecule has 0 bridgehead atoms. The first-order chi connectivity index (χ1) is 9.51. The Bertz CT molecular complexity index is 725. The Morgan fingerprint density at radius 3 is 2.70 bits per heavy atom. The summed E-state index contributed by atoms with van der Waals surface area (Å²) in [6.07, 6.45) is 0. The second-order valence-electron chi connectivity index (χ2n) is 3.99. The Labute approximate surface area is 129 Å². The van der Waals surface area contributed by atoms with Gasteiger partial charge in [-0.3, -0.25) is 4.79 Å². The lowest BCUT2D eigenvalue weighted by Gasteiger charge is -2.09. The molecule has 2 rings (SSSR count). The van der Waals surface area contributed by atoms with E-state index in [1.54, 1.807) is 24.3 Å². The van der Waals surface area contributed by atoms with Crippen molar-refractivity contribution in [2.75, 3.05) is 11.1 Å². The zero-order chi connectivity index (χ0) is 14.7. The van der Waals surface area contributed by atoms with E-state index in [4.69, 9.17) is 22.6 Å². The first-order valence-corrected chi connectivity index (χ1v) is 6.74. The van der Waals surface area contributed by atoms with Crippen LogP contribution < -0.4 is 11.1 Å². The Kier molecular flexibility index (Phi) is 4.28. The highest BCUT2D eigenvalue weighted by Gasteiger charge is 2.12. The van der Waals surface area contributed by atoms with Crippen molar-refractivity contribution in [2.45, 2.75) is 0 Å². The molecule has 0 heterocycles. The number of nitriles is 1. The van der Waals surface area contributed by atoms with E-state index < -0.39 is 5.91 Å². The zero-order valence-corrected chi connectivity index (χ0v) is 12.5. The normalized spacial score (nSPS) is 9.85. The predicted octanol–water partition coefficient (Wildman–Crippen LogP) is 3.81. The molecular weight excluding hydrogens is 342 g/mol. The highest BCUT2D eigenvalue weighted by Crippen LogP contribution is 2.23. The van der Waals surface area contributed by atoms with Gasteiger partial charge in [0.25, 0.3) is 5.91 Å². The minimum atomic E-state index is -0.395. The van der Waals surface area contributed by atoms with Gasteiger partial charge in [-0.1, -0.05) is 27.5 Å². The van der Waals surface area contributed by atoms with Crippen molar-refractivity contribution in [3.8, 4) is 6.07 Å². The van der Waals surface area contributed by atoms with Crippen LogP contribution in [0, 0.1) is 11.3 Å². The lowest BCUT2D eigenvalue weighted by Crippen LogP contribution is -2.14. The van der Waals surface area contributed by atoms with Crippen LogP contribution in [0.4, 0.5) is 11.4 Å². The van der Waals surface area contributed by atoms with Crippen LogP contribution >= 0.6 is 27.5 Å². The molecule has 1 amide bonds. The van der Waals surface area contributed by atoms with Gasteiger partial charge in [0, 0.05) is 15.2 Å². The molecule has 0 fully saturated rings. The fourth-order valence-electron chi connectivity index (χ4n) is 1.65. The molecular formula is C14H9BrClN3O. The number of nitrogens with two attached hydrogens (primary N) is 1. The van der Waals surface area contributed by atoms with Crippen molar-refractivity contribution >= 4 is 44.8 Å². The van der Waals surface area contributed by atoms with Crippen LogP contribution in [0.1, 0.15) is 15.9 Å². The van der Waals surface area contributed by atoms with Crippen molar-refractivity contribution in [1.29, 1.82) is 5.26 Å². The fraction of sp³-hybridized carbons (Fsp3) is 0. The average Bonchev–Trinajstić information content (AvgIpc) is 2.38. The summed E-state index contributed by atoms with van der Waals surface area (Å²) in [5.41, 5.74) is 7.13. The molecule has 0 aliphatic carbocycles. The zero-order valence-electron chi connectivity index (χ0n) is 10.2. The lowest BCUT2D eigenvalue weighted by molar-refractivity contribution is 0.102. The van der Waals surface area contributed by atoms with Crippen LogP contribution in [0.25, 0.3) is 0 Å². The molecule has 0 atom stereocenters. The van der Waals surface area contributed by atoms with E-state index in [2.05, 4.69) is 21.2 Å². The molecule has 2 aromatic carbocycles. The third-order valence-corrected chi connectivity index (χ3v) is 3.34. The summed E-state index contributed by atoms with van der Waals surface area (Å²) in [7, 11) is 0. The van der Waals surface area contributed by atoms with Crippen LogP contribution in [-0.2, 0) is 0 Å². The molecule has 0 aliphatic rings. The molecule has 0 radical (unpaired) electrons. The molecule has 20 heavy (non-hydrogen) atoms. The minimum Gasteiger partial charge on any atom is -0.398 e. The van der Waals surface area contributed by atoms with Crippen LogP contribution in [0.5, 0.6) is 0 Å². The molecule has 0 aliphatic heterocycles. The summed E-state index contributed by atoms with van der Waals surface area (Å²) < 4.78 is 0.760. The van der Waals surface area contributed by atoms with E-state index in [0.29, 0.717) is 21.8 Å². The van der Waals surface area contributed by atoms with E-state index in [0.717, 1.165) is 4.47 Å². The first kappa shape index (κ1) is 14.4. The molecule has 0 saturated carbocycles. The Balaban J connectivity index is 2.33. The van der Waals surface area contributed by atoms with Gasteiger partial charge in [-0.05, 0) is 36.4 Å². The fourth-order valence-corrected chi connectivity index (χ4v) is 2.19. The number of benzene rings is 2. The molecule has 0 unspecified atom stereocenters. The Hall–Kier alpha value is -2.03. The van der Waals surface area contributed by atoms with Crippen molar-refractivity contribution in [2.24, 2.45) is 0 Å². The molecule has 0 aromatic heterocycles. The van der Waals surface area contributed by atoms with Crippen molar-refractivity contribution in [3.63, 3.8) is 0 Å². The predicted molar refractivity (Wildman–Crippen MR) is 82.7 cm³/mol. The molecule has 6 heteroatoms. The largest absolute Gasteiger partial charge is 0.398 e. The number of nitrogens with zero attached hydrogens (tertiary/aromatic N) is 1. The quantitative estimate of drug-likeness (QED) is 0.808. The van der Waals surface area contributed by atoms with Crippen LogP contribution in [0.15, 0.2) is 40.9 Å². The second-order valence-corrected chi connectivity index (χ2v) is 5.34. The summed E-state index contributed by atoms with van der Waals surface area (Å²) in [5.74, 6) is -0.395. The SMILES string of the molecule is N#Cc1ccc(Br)cc1NC(=O)c1ccc(Cl)cc1N. The molecule has 100 valence electrons. The van der Waals surface area contributed by atoms with Gasteiger partial charge in [-0.2, -0.15) is 5.26 Å². The summed E-state index contributed by atoms with van der Waals surface area (Å²) in [5, 5.41) is 12.1. The van der Waals surface area contributed by atoms with Crippen LogP contribution in [0.3, 0.4) is 0 Å². The number of hydrogen-bond donors (Lipinski definition) is 2. The highest BCUT2D eigenvalue weighted by molar-refractivity contribution is 9.10. The smallest absolute Gasteiger partial charge is 0.257 e. The molecule has 4 nitrogen and oxygen atoms in total. The van der Waals surface area contributed by atoms with E-state index in [9.17, 15) is 4.79 Å². The maximum Gasteiger partial charge on any atom is 0.257 e. The maximum atomic E-state index is 12.2. The molecule has 0 spiro atoms. The van der Waals surface area contributed by atoms with Gasteiger partial charge in [-0.15, -0.1) is 0 Å². The van der Waals surface area contributed by atoms with Crippen molar-refractivity contribution in [3.05, 3.63) is 57.0 Å². The summed E-state index contributed by atoms with van der Waals surface area (Å²) in [4.78, 5) is 12.2. The summed E-state index contributed by atoms with van der Waals surface area (Å²) in [6.45, 7) is 0. The number of nitrogens with one attached hydrogen (secondary N) is 1. The van der Waals surface area contributed by atoms with Gasteiger partial charge < -0.3 is 11.1 Å². The lowest BCUT2D eigenvalue weighted by atomic mass is 10.1. The second kappa shape index (κ2) is 5.95. The van der Waals surface area contributed by atoms with Crippen LogP contribution in [-0.4, -0.2) is 5.91 Å². The Morgan fingerprint density at radius 2 is 2.05 bits per heavy atom. The van der Waals surface area contributed by atoms with E-state index >= 15 is 0 Å². The van der Waals surface area contributed by atoms with Crippen molar-refractivity contribution < 1.29 is 4.79 Å². The third kappa shape index (κ3) is 3.10. The topological polar surface area (TPSA) is 78.9 Å². The maximum absolute atomic E-state index is 12.2.